The molecule has 1 aromatic rings. The largest absolute Gasteiger partial charge is 0.384 e. The minimum Gasteiger partial charge on any atom is -0.384 e. The predicted molar refractivity (Wildman–Crippen MR) is 78.0 cm³/mol. The summed E-state index contributed by atoms with van der Waals surface area (Å²) in [6.45, 7) is 4.03. The van der Waals surface area contributed by atoms with Crippen molar-refractivity contribution in [2.75, 3.05) is 45.1 Å². The summed E-state index contributed by atoms with van der Waals surface area (Å²) in [6, 6.07) is 5.30. The lowest BCUT2D eigenvalue weighted by Gasteiger charge is -2.32. The number of hydrogen-bond acceptors (Lipinski definition) is 5. The maximum absolute atomic E-state index is 12.4. The fraction of sp³-hybridized carbons (Fsp3) is 0.538. The second kappa shape index (κ2) is 5.33. The summed E-state index contributed by atoms with van der Waals surface area (Å²) in [4.78, 5) is 5.18. The average Bonchev–Trinajstić information content (AvgIpc) is 2.88. The number of hydrogen-bond donors (Lipinski definition) is 2. The molecule has 0 radical (unpaired) electrons. The van der Waals surface area contributed by atoms with Crippen LogP contribution < -0.4 is 10.1 Å². The van der Waals surface area contributed by atoms with Gasteiger partial charge in [0, 0.05) is 38.4 Å². The van der Waals surface area contributed by atoms with Gasteiger partial charge in [-0.05, 0) is 31.2 Å². The van der Waals surface area contributed by atoms with Gasteiger partial charge in [0.25, 0.3) is 10.0 Å². The van der Waals surface area contributed by atoms with Gasteiger partial charge < -0.3 is 10.2 Å². The van der Waals surface area contributed by atoms with Crippen molar-refractivity contribution < 1.29 is 8.42 Å². The number of hydrazine groups is 1. The van der Waals surface area contributed by atoms with Gasteiger partial charge in [0.15, 0.2) is 0 Å². The number of sulfonamides is 1. The number of rotatable bonds is 3. The maximum Gasteiger partial charge on any atom is 0.253 e. The molecule has 2 aliphatic rings. The van der Waals surface area contributed by atoms with E-state index in [0.29, 0.717) is 18.0 Å². The molecule has 0 aromatic heterocycles. The van der Waals surface area contributed by atoms with Crippen LogP contribution in [0.1, 0.15) is 5.56 Å². The topological polar surface area (TPSA) is 64.7 Å². The fourth-order valence-electron chi connectivity index (χ4n) is 2.56. The Morgan fingerprint density at radius 1 is 1.20 bits per heavy atom. The number of benzene rings is 1. The van der Waals surface area contributed by atoms with Crippen LogP contribution in [-0.2, 0) is 16.4 Å². The molecule has 3 rings (SSSR count). The summed E-state index contributed by atoms with van der Waals surface area (Å²) < 4.78 is 24.8. The molecule has 7 heteroatoms. The van der Waals surface area contributed by atoms with Gasteiger partial charge in [0.05, 0.1) is 4.90 Å². The predicted octanol–water partition coefficient (Wildman–Crippen LogP) is 0.0953. The normalized spacial score (nSPS) is 20.6. The highest BCUT2D eigenvalue weighted by Gasteiger charge is 2.22. The molecule has 2 aliphatic heterocycles. The van der Waals surface area contributed by atoms with Gasteiger partial charge in [-0.25, -0.2) is 13.4 Å². The molecule has 1 aromatic carbocycles. The maximum atomic E-state index is 12.4. The molecule has 0 saturated carbocycles. The lowest BCUT2D eigenvalue weighted by molar-refractivity contribution is 0.135. The van der Waals surface area contributed by atoms with Gasteiger partial charge in [-0.3, -0.25) is 0 Å². The van der Waals surface area contributed by atoms with Gasteiger partial charge in [-0.15, -0.1) is 4.83 Å². The fourth-order valence-corrected chi connectivity index (χ4v) is 3.71. The Labute approximate surface area is 119 Å². The first-order valence-electron chi connectivity index (χ1n) is 6.87. The zero-order valence-electron chi connectivity index (χ0n) is 11.6. The van der Waals surface area contributed by atoms with E-state index in [0.717, 1.165) is 31.7 Å². The molecule has 0 amide bonds. The number of fused-ring (bicyclic) bond motifs is 1. The highest BCUT2D eigenvalue weighted by atomic mass is 32.2. The van der Waals surface area contributed by atoms with Crippen LogP contribution in [0.4, 0.5) is 5.69 Å². The van der Waals surface area contributed by atoms with Crippen molar-refractivity contribution in [1.29, 1.82) is 0 Å². The lowest BCUT2D eigenvalue weighted by Crippen LogP contribution is -2.52. The third kappa shape index (κ3) is 2.80. The van der Waals surface area contributed by atoms with Crippen molar-refractivity contribution in [2.24, 2.45) is 0 Å². The Morgan fingerprint density at radius 3 is 2.70 bits per heavy atom. The van der Waals surface area contributed by atoms with Gasteiger partial charge in [-0.2, -0.15) is 0 Å². The number of likely N-dealkylation sites (N-methyl/N-ethyl adjacent to an activating group) is 1. The van der Waals surface area contributed by atoms with Crippen molar-refractivity contribution in [2.45, 2.75) is 11.3 Å². The van der Waals surface area contributed by atoms with E-state index in [1.54, 1.807) is 17.1 Å². The standard InChI is InChI=1S/C13H20N4O2S/c1-16-6-8-17(9-7-16)15-20(18,19)12-3-2-11-4-5-14-13(11)10-12/h2-3,10,14-15H,4-9H2,1H3. The molecule has 0 bridgehead atoms. The minimum absolute atomic E-state index is 0.324. The molecular weight excluding hydrogens is 276 g/mol. The summed E-state index contributed by atoms with van der Waals surface area (Å²) in [7, 11) is -1.44. The van der Waals surface area contributed by atoms with E-state index in [4.69, 9.17) is 0 Å². The second-order valence-corrected chi connectivity index (χ2v) is 7.04. The minimum atomic E-state index is -3.48. The highest BCUT2D eigenvalue weighted by molar-refractivity contribution is 7.89. The van der Waals surface area contributed by atoms with Crippen LogP contribution in [0.5, 0.6) is 0 Å². The quantitative estimate of drug-likeness (QED) is 0.828. The van der Waals surface area contributed by atoms with Crippen LogP contribution in [0, 0.1) is 0 Å². The van der Waals surface area contributed by atoms with E-state index < -0.39 is 10.0 Å². The van der Waals surface area contributed by atoms with E-state index in [1.165, 1.54) is 5.56 Å². The third-order valence-corrected chi connectivity index (χ3v) is 5.23. The van der Waals surface area contributed by atoms with Crippen LogP contribution in [0.2, 0.25) is 0 Å². The second-order valence-electron chi connectivity index (χ2n) is 5.38. The molecule has 0 spiro atoms. The van der Waals surface area contributed by atoms with Gasteiger partial charge in [0.2, 0.25) is 0 Å². The Hall–Kier alpha value is -1.15. The first-order chi connectivity index (χ1) is 9.54. The zero-order valence-corrected chi connectivity index (χ0v) is 12.4. The Morgan fingerprint density at radius 2 is 1.95 bits per heavy atom. The van der Waals surface area contributed by atoms with Crippen LogP contribution >= 0.6 is 0 Å². The molecule has 0 aliphatic carbocycles. The van der Waals surface area contributed by atoms with Crippen LogP contribution in [0.3, 0.4) is 0 Å². The van der Waals surface area contributed by atoms with Crippen molar-refractivity contribution >= 4 is 15.7 Å². The SMILES string of the molecule is CN1CCN(NS(=O)(=O)c2ccc3c(c2)NCC3)CC1. The van der Waals surface area contributed by atoms with E-state index >= 15 is 0 Å². The number of nitrogens with zero attached hydrogens (tertiary/aromatic N) is 2. The number of anilines is 1. The van der Waals surface area contributed by atoms with Crippen LogP contribution in [0.15, 0.2) is 23.1 Å². The third-order valence-electron chi connectivity index (χ3n) is 3.85. The van der Waals surface area contributed by atoms with Gasteiger partial charge in [0.1, 0.15) is 0 Å². The lowest BCUT2D eigenvalue weighted by atomic mass is 10.2. The smallest absolute Gasteiger partial charge is 0.253 e. The van der Waals surface area contributed by atoms with Crippen LogP contribution in [0.25, 0.3) is 0 Å². The molecule has 0 atom stereocenters. The summed E-state index contributed by atoms with van der Waals surface area (Å²) in [5.41, 5.74) is 2.12. The Kier molecular flexibility index (Phi) is 3.68. The Balaban J connectivity index is 1.75. The molecule has 2 N–H and O–H groups in total. The summed E-state index contributed by atoms with van der Waals surface area (Å²) in [5.74, 6) is 0. The summed E-state index contributed by atoms with van der Waals surface area (Å²) in [6.07, 6.45) is 0.960. The molecule has 0 unspecified atom stereocenters. The summed E-state index contributed by atoms with van der Waals surface area (Å²) >= 11 is 0. The highest BCUT2D eigenvalue weighted by Crippen LogP contribution is 2.25. The van der Waals surface area contributed by atoms with E-state index in [9.17, 15) is 8.42 Å². The zero-order chi connectivity index (χ0) is 14.2. The first kappa shape index (κ1) is 13.8. The van der Waals surface area contributed by atoms with Gasteiger partial charge >= 0.3 is 0 Å². The molecule has 1 fully saturated rings. The molecule has 2 heterocycles. The van der Waals surface area contributed by atoms with Gasteiger partial charge in [-0.1, -0.05) is 6.07 Å². The molecule has 1 saturated heterocycles. The molecule has 110 valence electrons. The van der Waals surface area contributed by atoms with Crippen LogP contribution in [-0.4, -0.2) is 58.1 Å². The van der Waals surface area contributed by atoms with Crippen molar-refractivity contribution in [1.82, 2.24) is 14.7 Å². The van der Waals surface area contributed by atoms with E-state index in [2.05, 4.69) is 15.0 Å². The first-order valence-corrected chi connectivity index (χ1v) is 8.36. The molecule has 20 heavy (non-hydrogen) atoms. The van der Waals surface area contributed by atoms with E-state index in [1.807, 2.05) is 13.1 Å². The summed E-state index contributed by atoms with van der Waals surface area (Å²) in [5, 5.41) is 4.98. The number of piperazine rings is 1. The van der Waals surface area contributed by atoms with E-state index in [-0.39, 0.29) is 0 Å². The van der Waals surface area contributed by atoms with Crippen molar-refractivity contribution in [3.8, 4) is 0 Å². The van der Waals surface area contributed by atoms with Crippen molar-refractivity contribution in [3.63, 3.8) is 0 Å². The molecule has 6 nitrogen and oxygen atoms in total. The molecular formula is C13H20N4O2S. The number of nitrogens with one attached hydrogen (secondary N) is 2. The van der Waals surface area contributed by atoms with Crippen molar-refractivity contribution in [3.05, 3.63) is 23.8 Å². The monoisotopic (exact) mass is 296 g/mol. The Bertz CT molecular complexity index is 594. The average molecular weight is 296 g/mol.